The van der Waals surface area contributed by atoms with Gasteiger partial charge in [-0.25, -0.2) is 0 Å². The van der Waals surface area contributed by atoms with E-state index >= 15 is 0 Å². The number of carbonyl (C=O) groups excluding carboxylic acids is 1. The highest BCUT2D eigenvalue weighted by Crippen LogP contribution is 2.47. The zero-order valence-electron chi connectivity index (χ0n) is 13.3. The molecule has 0 heterocycles. The molecular formula is C18H26N2O2. The standard InChI is InChI=1S/C18H26N2O2/c1-22-15-6-2-4-12(10-15)5-3-9-20-18(21)16-13-7-8-14(11-13)17(16)19/h2,4,6,10,13-14,16-17H,3,5,7-9,11,19H2,1H3,(H,20,21). The molecule has 4 nitrogen and oxygen atoms in total. The number of aryl methyl sites for hydroxylation is 1. The highest BCUT2D eigenvalue weighted by atomic mass is 16.5. The molecule has 3 N–H and O–H groups in total. The Labute approximate surface area is 132 Å². The predicted octanol–water partition coefficient (Wildman–Crippen LogP) is 2.12. The van der Waals surface area contributed by atoms with Crippen molar-refractivity contribution in [3.8, 4) is 5.75 Å². The number of methoxy groups -OCH3 is 1. The molecule has 0 radical (unpaired) electrons. The van der Waals surface area contributed by atoms with Gasteiger partial charge in [-0.05, 0) is 61.6 Å². The molecule has 2 aliphatic carbocycles. The lowest BCUT2D eigenvalue weighted by Crippen LogP contribution is -2.45. The Hall–Kier alpha value is -1.55. The number of amides is 1. The summed E-state index contributed by atoms with van der Waals surface area (Å²) >= 11 is 0. The Bertz CT molecular complexity index is 530. The highest BCUT2D eigenvalue weighted by Gasteiger charge is 2.48. The van der Waals surface area contributed by atoms with Crippen LogP contribution in [-0.2, 0) is 11.2 Å². The number of hydrogen-bond acceptors (Lipinski definition) is 3. The van der Waals surface area contributed by atoms with Crippen LogP contribution in [0.1, 0.15) is 31.2 Å². The average Bonchev–Trinajstić information content (AvgIpc) is 3.12. The average molecular weight is 302 g/mol. The summed E-state index contributed by atoms with van der Waals surface area (Å²) in [7, 11) is 1.68. The third-order valence-corrected chi connectivity index (χ3v) is 5.36. The summed E-state index contributed by atoms with van der Waals surface area (Å²) < 4.78 is 5.22. The first kappa shape index (κ1) is 15.3. The zero-order chi connectivity index (χ0) is 15.5. The van der Waals surface area contributed by atoms with Gasteiger partial charge in [0.15, 0.2) is 0 Å². The first-order chi connectivity index (χ1) is 10.7. The maximum atomic E-state index is 12.3. The fourth-order valence-electron chi connectivity index (χ4n) is 4.17. The number of carbonyl (C=O) groups is 1. The molecule has 1 amide bonds. The summed E-state index contributed by atoms with van der Waals surface area (Å²) in [6.45, 7) is 0.719. The van der Waals surface area contributed by atoms with Crippen molar-refractivity contribution in [3.05, 3.63) is 29.8 Å². The third-order valence-electron chi connectivity index (χ3n) is 5.36. The van der Waals surface area contributed by atoms with Gasteiger partial charge in [-0.3, -0.25) is 4.79 Å². The minimum absolute atomic E-state index is 0.0515. The third kappa shape index (κ3) is 3.12. The molecule has 2 bridgehead atoms. The van der Waals surface area contributed by atoms with Crippen LogP contribution in [0.3, 0.4) is 0 Å². The van der Waals surface area contributed by atoms with E-state index in [0.717, 1.165) is 31.6 Å². The normalized spacial score (nSPS) is 29.5. The van der Waals surface area contributed by atoms with Gasteiger partial charge < -0.3 is 15.8 Å². The van der Waals surface area contributed by atoms with Crippen LogP contribution in [0, 0.1) is 17.8 Å². The fraction of sp³-hybridized carbons (Fsp3) is 0.611. The van der Waals surface area contributed by atoms with Crippen molar-refractivity contribution >= 4 is 5.91 Å². The van der Waals surface area contributed by atoms with Gasteiger partial charge in [0.25, 0.3) is 0 Å². The second kappa shape index (κ2) is 6.69. The molecule has 2 saturated carbocycles. The van der Waals surface area contributed by atoms with E-state index in [-0.39, 0.29) is 17.9 Å². The quantitative estimate of drug-likeness (QED) is 0.791. The Morgan fingerprint density at radius 3 is 2.91 bits per heavy atom. The lowest BCUT2D eigenvalue weighted by atomic mass is 9.84. The van der Waals surface area contributed by atoms with E-state index in [9.17, 15) is 4.79 Å². The molecule has 22 heavy (non-hydrogen) atoms. The maximum Gasteiger partial charge on any atom is 0.224 e. The van der Waals surface area contributed by atoms with E-state index < -0.39 is 0 Å². The molecule has 2 aliphatic rings. The molecule has 0 aromatic heterocycles. The van der Waals surface area contributed by atoms with Gasteiger partial charge in [-0.2, -0.15) is 0 Å². The summed E-state index contributed by atoms with van der Waals surface area (Å²) in [6, 6.07) is 8.17. The van der Waals surface area contributed by atoms with Crippen molar-refractivity contribution in [2.45, 2.75) is 38.1 Å². The van der Waals surface area contributed by atoms with Crippen LogP contribution in [0.4, 0.5) is 0 Å². The predicted molar refractivity (Wildman–Crippen MR) is 86.6 cm³/mol. The number of fused-ring (bicyclic) bond motifs is 2. The zero-order valence-corrected chi connectivity index (χ0v) is 13.3. The summed E-state index contributed by atoms with van der Waals surface area (Å²) in [6.07, 6.45) is 5.43. The summed E-state index contributed by atoms with van der Waals surface area (Å²) in [5.41, 5.74) is 7.46. The van der Waals surface area contributed by atoms with Crippen LogP contribution in [0.5, 0.6) is 5.75 Å². The SMILES string of the molecule is COc1cccc(CCCNC(=O)C2C3CCC(C3)C2N)c1. The van der Waals surface area contributed by atoms with Crippen molar-refractivity contribution in [3.63, 3.8) is 0 Å². The molecule has 120 valence electrons. The minimum Gasteiger partial charge on any atom is -0.497 e. The first-order valence-electron chi connectivity index (χ1n) is 8.35. The van der Waals surface area contributed by atoms with Gasteiger partial charge in [0.2, 0.25) is 5.91 Å². The number of benzene rings is 1. The van der Waals surface area contributed by atoms with Gasteiger partial charge in [0.1, 0.15) is 5.75 Å². The van der Waals surface area contributed by atoms with E-state index in [2.05, 4.69) is 11.4 Å². The topological polar surface area (TPSA) is 64.3 Å². The van der Waals surface area contributed by atoms with E-state index in [0.29, 0.717) is 11.8 Å². The van der Waals surface area contributed by atoms with Crippen molar-refractivity contribution in [2.75, 3.05) is 13.7 Å². The molecule has 1 aromatic rings. The van der Waals surface area contributed by atoms with Gasteiger partial charge in [0, 0.05) is 12.6 Å². The van der Waals surface area contributed by atoms with E-state index in [1.165, 1.54) is 18.4 Å². The summed E-state index contributed by atoms with van der Waals surface area (Å²) in [5.74, 6) is 2.21. The fourth-order valence-corrected chi connectivity index (χ4v) is 4.17. The van der Waals surface area contributed by atoms with Crippen molar-refractivity contribution in [2.24, 2.45) is 23.5 Å². The molecule has 4 atom stereocenters. The second-order valence-electron chi connectivity index (χ2n) is 6.68. The van der Waals surface area contributed by atoms with Crippen LogP contribution >= 0.6 is 0 Å². The molecular weight excluding hydrogens is 276 g/mol. The van der Waals surface area contributed by atoms with Crippen LogP contribution < -0.4 is 15.8 Å². The molecule has 3 rings (SSSR count). The Morgan fingerprint density at radius 1 is 1.36 bits per heavy atom. The smallest absolute Gasteiger partial charge is 0.224 e. The Balaban J connectivity index is 1.42. The Kier molecular flexibility index (Phi) is 4.67. The Morgan fingerprint density at radius 2 is 2.18 bits per heavy atom. The molecule has 0 aliphatic heterocycles. The lowest BCUT2D eigenvalue weighted by molar-refractivity contribution is -0.127. The number of rotatable bonds is 6. The van der Waals surface area contributed by atoms with Crippen molar-refractivity contribution in [1.82, 2.24) is 5.32 Å². The van der Waals surface area contributed by atoms with Crippen LogP contribution in [0.15, 0.2) is 24.3 Å². The maximum absolute atomic E-state index is 12.3. The highest BCUT2D eigenvalue weighted by molar-refractivity contribution is 5.80. The molecule has 2 fully saturated rings. The molecule has 4 unspecified atom stereocenters. The minimum atomic E-state index is 0.0515. The number of nitrogens with two attached hydrogens (primary N) is 1. The number of ether oxygens (including phenoxy) is 1. The van der Waals surface area contributed by atoms with Gasteiger partial charge >= 0.3 is 0 Å². The van der Waals surface area contributed by atoms with Gasteiger partial charge in [-0.1, -0.05) is 12.1 Å². The van der Waals surface area contributed by atoms with Gasteiger partial charge in [-0.15, -0.1) is 0 Å². The number of hydrogen-bond donors (Lipinski definition) is 2. The van der Waals surface area contributed by atoms with Crippen LogP contribution in [0.25, 0.3) is 0 Å². The lowest BCUT2D eigenvalue weighted by Gasteiger charge is -2.27. The van der Waals surface area contributed by atoms with Crippen molar-refractivity contribution in [1.29, 1.82) is 0 Å². The number of nitrogens with one attached hydrogen (secondary N) is 1. The van der Waals surface area contributed by atoms with E-state index in [1.807, 2.05) is 18.2 Å². The molecule has 0 saturated heterocycles. The largest absolute Gasteiger partial charge is 0.497 e. The first-order valence-corrected chi connectivity index (χ1v) is 8.35. The summed E-state index contributed by atoms with van der Waals surface area (Å²) in [5, 5.41) is 3.09. The van der Waals surface area contributed by atoms with Gasteiger partial charge in [0.05, 0.1) is 13.0 Å². The second-order valence-corrected chi connectivity index (χ2v) is 6.68. The van der Waals surface area contributed by atoms with Crippen LogP contribution in [0.2, 0.25) is 0 Å². The molecule has 4 heteroatoms. The van der Waals surface area contributed by atoms with E-state index in [1.54, 1.807) is 7.11 Å². The van der Waals surface area contributed by atoms with Crippen LogP contribution in [-0.4, -0.2) is 25.6 Å². The monoisotopic (exact) mass is 302 g/mol. The van der Waals surface area contributed by atoms with Crippen molar-refractivity contribution < 1.29 is 9.53 Å². The summed E-state index contributed by atoms with van der Waals surface area (Å²) in [4.78, 5) is 12.3. The molecule has 0 spiro atoms. The van der Waals surface area contributed by atoms with E-state index in [4.69, 9.17) is 10.5 Å². The molecule has 1 aromatic carbocycles.